The Balaban J connectivity index is 1.48. The molecule has 0 amide bonds. The van der Waals surface area contributed by atoms with Crippen molar-refractivity contribution in [3.8, 4) is 6.07 Å². The summed E-state index contributed by atoms with van der Waals surface area (Å²) in [6, 6.07) is 17.1. The van der Waals surface area contributed by atoms with Gasteiger partial charge in [-0.25, -0.2) is 0 Å². The van der Waals surface area contributed by atoms with Crippen molar-refractivity contribution in [2.45, 2.75) is 37.6 Å². The lowest BCUT2D eigenvalue weighted by Crippen LogP contribution is -2.39. The number of nitriles is 1. The molecule has 132 valence electrons. The molecule has 2 saturated carbocycles. The molecule has 0 atom stereocenters. The summed E-state index contributed by atoms with van der Waals surface area (Å²) < 4.78 is 0. The van der Waals surface area contributed by atoms with Gasteiger partial charge >= 0.3 is 0 Å². The largest absolute Gasteiger partial charge is 0.344 e. The molecule has 26 heavy (non-hydrogen) atoms. The van der Waals surface area contributed by atoms with Crippen molar-refractivity contribution in [2.75, 3.05) is 25.0 Å². The molecule has 2 fully saturated rings. The van der Waals surface area contributed by atoms with Crippen LogP contribution in [-0.4, -0.2) is 25.0 Å². The molecule has 3 aliphatic rings. The van der Waals surface area contributed by atoms with Crippen LogP contribution in [0.2, 0.25) is 0 Å². The molecule has 5 rings (SSSR count). The minimum Gasteiger partial charge on any atom is -0.344 e. The Morgan fingerprint density at radius 3 is 2.73 bits per heavy atom. The molecule has 0 saturated heterocycles. The SMILES string of the molecule is CN(c1ccc2c(c1)CN(CC1CC1)CC21CC1)c1ccccc1C#N. The van der Waals surface area contributed by atoms with Crippen LogP contribution in [0.4, 0.5) is 11.4 Å². The summed E-state index contributed by atoms with van der Waals surface area (Å²) in [4.78, 5) is 4.85. The molecule has 1 aliphatic heterocycles. The Labute approximate surface area is 155 Å². The average Bonchev–Trinajstić information content (AvgIpc) is 3.59. The van der Waals surface area contributed by atoms with E-state index in [2.05, 4.69) is 41.1 Å². The van der Waals surface area contributed by atoms with E-state index in [1.165, 1.54) is 50.0 Å². The number of hydrogen-bond acceptors (Lipinski definition) is 3. The lowest BCUT2D eigenvalue weighted by atomic mass is 9.86. The molecule has 0 N–H and O–H groups in total. The Morgan fingerprint density at radius 2 is 2.00 bits per heavy atom. The zero-order valence-electron chi connectivity index (χ0n) is 15.4. The number of rotatable bonds is 4. The van der Waals surface area contributed by atoms with Crippen molar-refractivity contribution in [3.63, 3.8) is 0 Å². The number of fused-ring (bicyclic) bond motifs is 2. The third-order valence-electron chi connectivity index (χ3n) is 6.42. The van der Waals surface area contributed by atoms with Gasteiger partial charge in [0.15, 0.2) is 0 Å². The molecule has 2 aromatic rings. The predicted octanol–water partition coefficient (Wildman–Crippen LogP) is 4.58. The zero-order valence-corrected chi connectivity index (χ0v) is 15.4. The Kier molecular flexibility index (Phi) is 3.58. The van der Waals surface area contributed by atoms with Crippen LogP contribution in [0, 0.1) is 17.2 Å². The molecule has 0 bridgehead atoms. The second-order valence-corrected chi connectivity index (χ2v) is 8.42. The summed E-state index contributed by atoms with van der Waals surface area (Å²) in [5.74, 6) is 0.945. The molecular formula is C23H25N3. The first-order valence-electron chi connectivity index (χ1n) is 9.77. The van der Waals surface area contributed by atoms with Gasteiger partial charge in [-0.2, -0.15) is 5.26 Å². The predicted molar refractivity (Wildman–Crippen MR) is 105 cm³/mol. The van der Waals surface area contributed by atoms with Gasteiger partial charge in [0, 0.05) is 37.8 Å². The maximum Gasteiger partial charge on any atom is 0.101 e. The molecule has 3 heteroatoms. The van der Waals surface area contributed by atoms with Crippen LogP contribution >= 0.6 is 0 Å². The second kappa shape index (κ2) is 5.86. The standard InChI is InChI=1S/C23H25N3/c1-25(22-5-3-2-4-18(22)13-24)20-8-9-21-19(12-20)15-26(14-17-6-7-17)16-23(21)10-11-23/h2-5,8-9,12,17H,6-7,10-11,14-16H2,1H3. The third kappa shape index (κ3) is 2.70. The molecular weight excluding hydrogens is 318 g/mol. The van der Waals surface area contributed by atoms with Crippen molar-refractivity contribution < 1.29 is 0 Å². The number of anilines is 2. The minimum atomic E-state index is 0.435. The van der Waals surface area contributed by atoms with E-state index in [0.717, 1.165) is 23.7 Å². The fourth-order valence-electron chi connectivity index (χ4n) is 4.62. The van der Waals surface area contributed by atoms with Crippen molar-refractivity contribution in [1.29, 1.82) is 5.26 Å². The van der Waals surface area contributed by atoms with Crippen LogP contribution in [-0.2, 0) is 12.0 Å². The lowest BCUT2D eigenvalue weighted by Gasteiger charge is -2.36. The molecule has 3 nitrogen and oxygen atoms in total. The lowest BCUT2D eigenvalue weighted by molar-refractivity contribution is 0.213. The molecule has 1 spiro atoms. The minimum absolute atomic E-state index is 0.435. The monoisotopic (exact) mass is 343 g/mol. The van der Waals surface area contributed by atoms with Gasteiger partial charge in [-0.15, -0.1) is 0 Å². The van der Waals surface area contributed by atoms with Crippen molar-refractivity contribution in [1.82, 2.24) is 4.90 Å². The first-order valence-corrected chi connectivity index (χ1v) is 9.77. The van der Waals surface area contributed by atoms with Crippen molar-refractivity contribution in [2.24, 2.45) is 5.92 Å². The second-order valence-electron chi connectivity index (χ2n) is 8.42. The fourth-order valence-corrected chi connectivity index (χ4v) is 4.62. The number of nitrogens with zero attached hydrogens (tertiary/aromatic N) is 3. The Hall–Kier alpha value is -2.31. The third-order valence-corrected chi connectivity index (χ3v) is 6.42. The number of benzene rings is 2. The van der Waals surface area contributed by atoms with E-state index in [1.807, 2.05) is 24.3 Å². The van der Waals surface area contributed by atoms with Crippen molar-refractivity contribution >= 4 is 11.4 Å². The molecule has 0 aromatic heterocycles. The van der Waals surface area contributed by atoms with Crippen LogP contribution in [0.3, 0.4) is 0 Å². The van der Waals surface area contributed by atoms with Gasteiger partial charge in [0.25, 0.3) is 0 Å². The van der Waals surface area contributed by atoms with E-state index < -0.39 is 0 Å². The van der Waals surface area contributed by atoms with Gasteiger partial charge < -0.3 is 4.90 Å². The quantitative estimate of drug-likeness (QED) is 0.814. The van der Waals surface area contributed by atoms with Crippen molar-refractivity contribution in [3.05, 3.63) is 59.2 Å². The zero-order chi connectivity index (χ0) is 17.7. The molecule has 0 unspecified atom stereocenters. The van der Waals surface area contributed by atoms with E-state index >= 15 is 0 Å². The maximum absolute atomic E-state index is 9.42. The Morgan fingerprint density at radius 1 is 1.19 bits per heavy atom. The van der Waals surface area contributed by atoms with Gasteiger partial charge in [0.05, 0.1) is 11.3 Å². The van der Waals surface area contributed by atoms with Crippen LogP contribution in [0.1, 0.15) is 42.4 Å². The van der Waals surface area contributed by atoms with Crippen LogP contribution in [0.5, 0.6) is 0 Å². The van der Waals surface area contributed by atoms with E-state index in [4.69, 9.17) is 0 Å². The van der Waals surface area contributed by atoms with E-state index in [-0.39, 0.29) is 0 Å². The van der Waals surface area contributed by atoms with Gasteiger partial charge in [0.2, 0.25) is 0 Å². The van der Waals surface area contributed by atoms with E-state index in [1.54, 1.807) is 5.56 Å². The summed E-state index contributed by atoms with van der Waals surface area (Å²) in [6.45, 7) is 3.61. The summed E-state index contributed by atoms with van der Waals surface area (Å²) in [5, 5.41) is 9.42. The van der Waals surface area contributed by atoms with Gasteiger partial charge in [-0.3, -0.25) is 4.90 Å². The summed E-state index contributed by atoms with van der Waals surface area (Å²) >= 11 is 0. The molecule has 2 aromatic carbocycles. The summed E-state index contributed by atoms with van der Waals surface area (Å²) in [5.41, 5.74) is 6.38. The molecule has 0 radical (unpaired) electrons. The highest BCUT2D eigenvalue weighted by molar-refractivity contribution is 5.69. The highest BCUT2D eigenvalue weighted by Gasteiger charge is 2.49. The fraction of sp³-hybridized carbons (Fsp3) is 0.435. The summed E-state index contributed by atoms with van der Waals surface area (Å²) in [7, 11) is 2.07. The van der Waals surface area contributed by atoms with Crippen LogP contribution in [0.25, 0.3) is 0 Å². The average molecular weight is 343 g/mol. The van der Waals surface area contributed by atoms with Gasteiger partial charge in [-0.05, 0) is 67.0 Å². The topological polar surface area (TPSA) is 30.3 Å². The normalized spacial score (nSPS) is 20.5. The van der Waals surface area contributed by atoms with Gasteiger partial charge in [0.1, 0.15) is 6.07 Å². The Bertz CT molecular complexity index is 887. The summed E-state index contributed by atoms with van der Waals surface area (Å²) in [6.07, 6.45) is 5.52. The molecule has 2 aliphatic carbocycles. The van der Waals surface area contributed by atoms with Gasteiger partial charge in [-0.1, -0.05) is 18.2 Å². The maximum atomic E-state index is 9.42. The first kappa shape index (κ1) is 15.9. The van der Waals surface area contributed by atoms with Crippen LogP contribution in [0.15, 0.2) is 42.5 Å². The smallest absolute Gasteiger partial charge is 0.101 e. The van der Waals surface area contributed by atoms with E-state index in [9.17, 15) is 5.26 Å². The highest BCUT2D eigenvalue weighted by Crippen LogP contribution is 2.53. The molecule has 1 heterocycles. The van der Waals surface area contributed by atoms with E-state index in [0.29, 0.717) is 5.41 Å². The first-order chi connectivity index (χ1) is 12.7. The highest BCUT2D eigenvalue weighted by atomic mass is 15.2. The van der Waals surface area contributed by atoms with Crippen LogP contribution < -0.4 is 4.90 Å². The number of hydrogen-bond donors (Lipinski definition) is 0. The number of para-hydroxylation sites is 1.